The molecule has 206 valence electrons. The number of nitrogens with zero attached hydrogens (tertiary/aromatic N) is 3. The van der Waals surface area contributed by atoms with Crippen LogP contribution in [0.1, 0.15) is 19.4 Å². The normalized spacial score (nSPS) is 13.5. The van der Waals surface area contributed by atoms with Crippen molar-refractivity contribution in [2.24, 2.45) is 5.92 Å². The summed E-state index contributed by atoms with van der Waals surface area (Å²) in [4.78, 5) is 16.7. The van der Waals surface area contributed by atoms with Gasteiger partial charge in [0.05, 0.1) is 21.9 Å². The van der Waals surface area contributed by atoms with E-state index in [2.05, 4.69) is 15.5 Å². The van der Waals surface area contributed by atoms with Crippen molar-refractivity contribution < 1.29 is 27.9 Å². The lowest BCUT2D eigenvalue weighted by molar-refractivity contribution is 0.0980. The number of amides is 1. The molecule has 2 atom stereocenters. The Bertz CT molecular complexity index is 1460. The van der Waals surface area contributed by atoms with E-state index in [1.165, 1.54) is 27.8 Å². The minimum Gasteiger partial charge on any atom is -0.465 e. The smallest absolute Gasteiger partial charge is 0.404 e. The molecular formula is C27H30N4O6S2. The van der Waals surface area contributed by atoms with Gasteiger partial charge in [-0.25, -0.2) is 13.2 Å². The van der Waals surface area contributed by atoms with Crippen LogP contribution >= 0.6 is 11.3 Å². The summed E-state index contributed by atoms with van der Waals surface area (Å²) in [7, 11) is -4.02. The molecule has 10 nitrogen and oxygen atoms in total. The molecule has 2 aromatic carbocycles. The van der Waals surface area contributed by atoms with Crippen LogP contribution in [0.5, 0.6) is 0 Å². The van der Waals surface area contributed by atoms with E-state index in [1.807, 2.05) is 61.7 Å². The Labute approximate surface area is 231 Å². The van der Waals surface area contributed by atoms with Gasteiger partial charge in [0, 0.05) is 18.7 Å². The molecule has 4 aromatic rings. The second-order valence-electron chi connectivity index (χ2n) is 9.45. The van der Waals surface area contributed by atoms with E-state index in [4.69, 9.17) is 4.52 Å². The molecule has 4 rings (SSSR count). The van der Waals surface area contributed by atoms with Crippen LogP contribution in [0, 0.1) is 5.92 Å². The van der Waals surface area contributed by atoms with E-state index in [0.717, 1.165) is 10.4 Å². The summed E-state index contributed by atoms with van der Waals surface area (Å²) in [5.41, 5.74) is 1.40. The number of aliphatic hydroxyl groups excluding tert-OH is 1. The Kier molecular flexibility index (Phi) is 9.12. The monoisotopic (exact) mass is 570 g/mol. The van der Waals surface area contributed by atoms with Crippen LogP contribution in [0.2, 0.25) is 0 Å². The molecule has 0 saturated heterocycles. The van der Waals surface area contributed by atoms with Gasteiger partial charge in [0.15, 0.2) is 0 Å². The SMILES string of the molecule is CC(C)CN(C[C@H](O)[C@H](Cc1ccccc1)NC(=O)O)S(=O)(=O)c1ccc(-c2noc(-c3cccs3)n2)cc1. The van der Waals surface area contributed by atoms with E-state index in [0.29, 0.717) is 17.3 Å². The highest BCUT2D eigenvalue weighted by atomic mass is 32.2. The van der Waals surface area contributed by atoms with Crippen molar-refractivity contribution in [2.75, 3.05) is 13.1 Å². The number of sulfonamides is 1. The number of hydrogen-bond donors (Lipinski definition) is 3. The van der Waals surface area contributed by atoms with Gasteiger partial charge in [-0.05, 0) is 53.6 Å². The maximum absolute atomic E-state index is 13.6. The van der Waals surface area contributed by atoms with E-state index < -0.39 is 28.3 Å². The first-order valence-corrected chi connectivity index (χ1v) is 14.6. The Morgan fingerprint density at radius 1 is 1.05 bits per heavy atom. The van der Waals surface area contributed by atoms with Crippen molar-refractivity contribution in [2.45, 2.75) is 37.3 Å². The van der Waals surface area contributed by atoms with Gasteiger partial charge >= 0.3 is 6.09 Å². The third-order valence-corrected chi connectivity index (χ3v) is 8.64. The fraction of sp³-hybridized carbons (Fsp3) is 0.296. The van der Waals surface area contributed by atoms with Crippen LogP contribution in [0.15, 0.2) is 81.5 Å². The number of aliphatic hydroxyl groups is 1. The molecule has 0 radical (unpaired) electrons. The molecule has 2 aromatic heterocycles. The highest BCUT2D eigenvalue weighted by Gasteiger charge is 2.31. The number of hydrogen-bond acceptors (Lipinski definition) is 8. The molecule has 1 amide bonds. The molecule has 3 N–H and O–H groups in total. The lowest BCUT2D eigenvalue weighted by Gasteiger charge is -2.30. The Morgan fingerprint density at radius 2 is 1.77 bits per heavy atom. The maximum atomic E-state index is 13.6. The van der Waals surface area contributed by atoms with Crippen molar-refractivity contribution in [3.63, 3.8) is 0 Å². The van der Waals surface area contributed by atoms with Gasteiger partial charge in [-0.3, -0.25) is 0 Å². The van der Waals surface area contributed by atoms with Crippen molar-refractivity contribution in [1.82, 2.24) is 19.8 Å². The summed E-state index contributed by atoms with van der Waals surface area (Å²) in [5.74, 6) is 0.676. The zero-order valence-electron chi connectivity index (χ0n) is 21.5. The zero-order valence-corrected chi connectivity index (χ0v) is 23.1. The summed E-state index contributed by atoms with van der Waals surface area (Å²) in [6.07, 6.45) is -2.38. The van der Waals surface area contributed by atoms with Crippen LogP contribution < -0.4 is 5.32 Å². The van der Waals surface area contributed by atoms with E-state index in [1.54, 1.807) is 12.1 Å². The molecule has 2 heterocycles. The summed E-state index contributed by atoms with van der Waals surface area (Å²) >= 11 is 1.47. The van der Waals surface area contributed by atoms with Gasteiger partial charge in [-0.2, -0.15) is 9.29 Å². The van der Waals surface area contributed by atoms with Gasteiger partial charge in [-0.1, -0.05) is 55.4 Å². The van der Waals surface area contributed by atoms with Gasteiger partial charge in [-0.15, -0.1) is 11.3 Å². The molecule has 0 aliphatic heterocycles. The first kappa shape index (κ1) is 28.4. The molecule has 0 fully saturated rings. The maximum Gasteiger partial charge on any atom is 0.404 e. The fourth-order valence-corrected chi connectivity index (χ4v) is 6.36. The van der Waals surface area contributed by atoms with E-state index >= 15 is 0 Å². The third-order valence-electron chi connectivity index (χ3n) is 5.94. The number of carbonyl (C=O) groups is 1. The summed E-state index contributed by atoms with van der Waals surface area (Å²) in [6.45, 7) is 3.60. The molecule has 0 spiro atoms. The van der Waals surface area contributed by atoms with Crippen LogP contribution in [0.25, 0.3) is 22.2 Å². The topological polar surface area (TPSA) is 146 Å². The minimum atomic E-state index is -4.02. The quantitative estimate of drug-likeness (QED) is 0.228. The van der Waals surface area contributed by atoms with Crippen molar-refractivity contribution in [3.8, 4) is 22.2 Å². The molecule has 0 aliphatic carbocycles. The fourth-order valence-electron chi connectivity index (χ4n) is 4.09. The molecule has 12 heteroatoms. The van der Waals surface area contributed by atoms with Crippen molar-refractivity contribution >= 4 is 27.5 Å². The van der Waals surface area contributed by atoms with Crippen LogP contribution in [-0.4, -0.2) is 64.4 Å². The van der Waals surface area contributed by atoms with Crippen molar-refractivity contribution in [1.29, 1.82) is 0 Å². The number of aromatic nitrogens is 2. The van der Waals surface area contributed by atoms with E-state index in [9.17, 15) is 23.4 Å². The van der Waals surface area contributed by atoms with Gasteiger partial charge < -0.3 is 20.1 Å². The summed E-state index contributed by atoms with van der Waals surface area (Å²) in [5, 5.41) is 28.6. The second kappa shape index (κ2) is 12.5. The second-order valence-corrected chi connectivity index (χ2v) is 12.3. The van der Waals surface area contributed by atoms with Crippen LogP contribution in [0.4, 0.5) is 4.79 Å². The predicted octanol–water partition coefficient (Wildman–Crippen LogP) is 4.35. The first-order valence-electron chi connectivity index (χ1n) is 12.3. The number of nitrogens with one attached hydrogen (secondary N) is 1. The molecule has 0 unspecified atom stereocenters. The average molecular weight is 571 g/mol. The largest absolute Gasteiger partial charge is 0.465 e. The number of rotatable bonds is 12. The third kappa shape index (κ3) is 7.30. The predicted molar refractivity (Wildman–Crippen MR) is 148 cm³/mol. The highest BCUT2D eigenvalue weighted by Crippen LogP contribution is 2.27. The van der Waals surface area contributed by atoms with Crippen LogP contribution in [0.3, 0.4) is 0 Å². The summed E-state index contributed by atoms with van der Waals surface area (Å²) < 4.78 is 33.8. The molecule has 0 aliphatic rings. The molecule has 39 heavy (non-hydrogen) atoms. The van der Waals surface area contributed by atoms with Crippen molar-refractivity contribution in [3.05, 3.63) is 77.7 Å². The first-order chi connectivity index (χ1) is 18.6. The summed E-state index contributed by atoms with van der Waals surface area (Å²) in [6, 6.07) is 18.1. The highest BCUT2D eigenvalue weighted by molar-refractivity contribution is 7.89. The Balaban J connectivity index is 1.54. The molecule has 0 bridgehead atoms. The minimum absolute atomic E-state index is 0.0341. The molecule has 0 saturated carbocycles. The van der Waals surface area contributed by atoms with Gasteiger partial charge in [0.1, 0.15) is 0 Å². The van der Waals surface area contributed by atoms with E-state index in [-0.39, 0.29) is 30.3 Å². The van der Waals surface area contributed by atoms with Crippen LogP contribution in [-0.2, 0) is 16.4 Å². The van der Waals surface area contributed by atoms with Gasteiger partial charge in [0.25, 0.3) is 5.89 Å². The Morgan fingerprint density at radius 3 is 2.38 bits per heavy atom. The zero-order chi connectivity index (χ0) is 28.0. The number of carboxylic acid groups (broad SMARTS) is 1. The lowest BCUT2D eigenvalue weighted by Crippen LogP contribution is -2.50. The molecular weight excluding hydrogens is 540 g/mol. The Hall–Kier alpha value is -3.58. The standard InChI is InChI=1S/C27H30N4O6S2/c1-18(2)16-31(17-23(32)22(28-27(33)34)15-19-7-4-3-5-8-19)39(35,36)21-12-10-20(11-13-21)25-29-26(37-30-25)24-9-6-14-38-24/h3-14,18,22-23,28,32H,15-17H2,1-2H3,(H,33,34)/t22-,23-/m0/s1. The lowest BCUT2D eigenvalue weighted by atomic mass is 10.0. The van der Waals surface area contributed by atoms with Gasteiger partial charge in [0.2, 0.25) is 15.8 Å². The average Bonchev–Trinajstić information content (AvgIpc) is 3.61. The number of benzene rings is 2. The number of thiophene rings is 1.